The Hall–Kier alpha value is -2.41. The Labute approximate surface area is 120 Å². The van der Waals surface area contributed by atoms with Crippen molar-refractivity contribution < 1.29 is 4.79 Å². The number of carbonyl (C=O) groups excluding carboxylic acids is 1. The van der Waals surface area contributed by atoms with Crippen LogP contribution in [0.3, 0.4) is 0 Å². The number of nitrogens with one attached hydrogen (secondary N) is 3. The van der Waals surface area contributed by atoms with Crippen molar-refractivity contribution in [1.82, 2.24) is 20.8 Å². The molecule has 0 aliphatic heterocycles. The number of hydrogen-bond acceptors (Lipinski definition) is 5. The third kappa shape index (κ3) is 3.55. The van der Waals surface area contributed by atoms with Crippen LogP contribution in [0.1, 0.15) is 24.3 Å². The normalized spacial score (nSPS) is 9.95. The third-order valence-electron chi connectivity index (χ3n) is 2.25. The van der Waals surface area contributed by atoms with E-state index in [1.165, 1.54) is 0 Å². The van der Waals surface area contributed by atoms with E-state index in [4.69, 9.17) is 11.6 Å². The Bertz CT molecular complexity index is 630. The monoisotopic (exact) mass is 292 g/mol. The molecule has 0 aliphatic carbocycles. The lowest BCUT2D eigenvalue weighted by molar-refractivity contribution is 0.0950. The first-order valence-electron chi connectivity index (χ1n) is 5.81. The zero-order chi connectivity index (χ0) is 14.5. The Morgan fingerprint density at radius 2 is 1.95 bits per heavy atom. The van der Waals surface area contributed by atoms with Crippen LogP contribution in [-0.2, 0) is 0 Å². The lowest BCUT2D eigenvalue weighted by Gasteiger charge is -2.04. The number of anilines is 2. The first kappa shape index (κ1) is 14.0. The van der Waals surface area contributed by atoms with Gasteiger partial charge in [-0.05, 0) is 38.1 Å². The van der Waals surface area contributed by atoms with Gasteiger partial charge in [0.15, 0.2) is 11.5 Å². The fourth-order valence-electron chi connectivity index (χ4n) is 1.36. The number of hydrazone groups is 1. The Morgan fingerprint density at radius 3 is 2.60 bits per heavy atom. The van der Waals surface area contributed by atoms with Crippen molar-refractivity contribution >= 4 is 34.7 Å². The highest BCUT2D eigenvalue weighted by molar-refractivity contribution is 6.30. The lowest BCUT2D eigenvalue weighted by Crippen LogP contribution is -2.20. The SMILES string of the molecule is CC(C)=NNC(=O)c1n[nH]nc1Nc1ccc(Cl)cc1. The molecule has 0 bridgehead atoms. The fourth-order valence-corrected chi connectivity index (χ4v) is 1.49. The van der Waals surface area contributed by atoms with Crippen molar-refractivity contribution in [2.75, 3.05) is 5.32 Å². The van der Waals surface area contributed by atoms with E-state index >= 15 is 0 Å². The number of carbonyl (C=O) groups is 1. The number of nitrogens with zero attached hydrogens (tertiary/aromatic N) is 3. The van der Waals surface area contributed by atoms with Gasteiger partial charge in [0.1, 0.15) is 0 Å². The molecule has 0 atom stereocenters. The molecular weight excluding hydrogens is 280 g/mol. The van der Waals surface area contributed by atoms with Gasteiger partial charge in [-0.3, -0.25) is 4.79 Å². The molecule has 0 saturated carbocycles. The van der Waals surface area contributed by atoms with Gasteiger partial charge in [-0.1, -0.05) is 11.6 Å². The van der Waals surface area contributed by atoms with Crippen LogP contribution < -0.4 is 10.7 Å². The smallest absolute Gasteiger partial charge is 0.295 e. The molecule has 0 unspecified atom stereocenters. The fraction of sp³-hybridized carbons (Fsp3) is 0.167. The predicted molar refractivity (Wildman–Crippen MR) is 77.4 cm³/mol. The number of hydrogen-bond donors (Lipinski definition) is 3. The van der Waals surface area contributed by atoms with Crippen LogP contribution in [0, 0.1) is 0 Å². The van der Waals surface area contributed by atoms with Crippen LogP contribution in [0.5, 0.6) is 0 Å². The standard InChI is InChI=1S/C12H13ClN6O/c1-7(2)15-18-12(20)10-11(17-19-16-10)14-9-5-3-8(13)4-6-9/h3-6H,1-2H3,(H,18,20)(H2,14,16,17,19). The quantitative estimate of drug-likeness (QED) is 0.595. The van der Waals surface area contributed by atoms with Gasteiger partial charge in [0.05, 0.1) is 0 Å². The number of rotatable bonds is 4. The minimum Gasteiger partial charge on any atom is -0.337 e. The Balaban J connectivity index is 2.14. The molecular formula is C12H13ClN6O. The molecule has 0 spiro atoms. The summed E-state index contributed by atoms with van der Waals surface area (Å²) in [6.45, 7) is 3.55. The number of benzene rings is 1. The largest absolute Gasteiger partial charge is 0.337 e. The van der Waals surface area contributed by atoms with Crippen molar-refractivity contribution in [2.45, 2.75) is 13.8 Å². The molecule has 0 saturated heterocycles. The maximum atomic E-state index is 11.9. The summed E-state index contributed by atoms with van der Waals surface area (Å²) in [6, 6.07) is 7.00. The zero-order valence-corrected chi connectivity index (χ0v) is 11.7. The lowest BCUT2D eigenvalue weighted by atomic mass is 10.3. The van der Waals surface area contributed by atoms with Gasteiger partial charge in [-0.25, -0.2) is 5.43 Å². The Kier molecular flexibility index (Phi) is 4.31. The van der Waals surface area contributed by atoms with E-state index < -0.39 is 5.91 Å². The highest BCUT2D eigenvalue weighted by Crippen LogP contribution is 2.19. The van der Waals surface area contributed by atoms with Crippen molar-refractivity contribution in [3.05, 3.63) is 35.0 Å². The Morgan fingerprint density at radius 1 is 1.25 bits per heavy atom. The van der Waals surface area contributed by atoms with Crippen LogP contribution in [0.4, 0.5) is 11.5 Å². The average Bonchev–Trinajstić information content (AvgIpc) is 2.87. The number of amides is 1. The summed E-state index contributed by atoms with van der Waals surface area (Å²) in [4.78, 5) is 11.9. The van der Waals surface area contributed by atoms with Gasteiger partial charge in [0.2, 0.25) is 0 Å². The highest BCUT2D eigenvalue weighted by atomic mass is 35.5. The molecule has 3 N–H and O–H groups in total. The molecule has 1 aromatic heterocycles. The summed E-state index contributed by atoms with van der Waals surface area (Å²) in [5.74, 6) is -0.134. The molecule has 7 nitrogen and oxygen atoms in total. The van der Waals surface area contributed by atoms with Gasteiger partial charge >= 0.3 is 0 Å². The zero-order valence-electron chi connectivity index (χ0n) is 10.9. The second-order valence-corrected chi connectivity index (χ2v) is 4.59. The maximum Gasteiger partial charge on any atom is 0.295 e. The minimum atomic E-state index is -0.448. The van der Waals surface area contributed by atoms with E-state index in [2.05, 4.69) is 31.3 Å². The van der Waals surface area contributed by atoms with Crippen LogP contribution in [0.25, 0.3) is 0 Å². The number of halogens is 1. The maximum absolute atomic E-state index is 11.9. The average molecular weight is 293 g/mol. The van der Waals surface area contributed by atoms with Gasteiger partial charge in [0, 0.05) is 16.4 Å². The molecule has 1 amide bonds. The summed E-state index contributed by atoms with van der Waals surface area (Å²) in [7, 11) is 0. The molecule has 1 heterocycles. The van der Waals surface area contributed by atoms with E-state index in [0.717, 1.165) is 11.4 Å². The second kappa shape index (κ2) is 6.16. The number of aromatic nitrogens is 3. The molecule has 0 radical (unpaired) electrons. The van der Waals surface area contributed by atoms with Crippen molar-refractivity contribution in [1.29, 1.82) is 0 Å². The van der Waals surface area contributed by atoms with E-state index in [-0.39, 0.29) is 5.69 Å². The first-order valence-corrected chi connectivity index (χ1v) is 6.18. The summed E-state index contributed by atoms with van der Waals surface area (Å²) in [6.07, 6.45) is 0. The summed E-state index contributed by atoms with van der Waals surface area (Å²) >= 11 is 5.81. The predicted octanol–water partition coefficient (Wildman–Crippen LogP) is 2.33. The number of aromatic amines is 1. The molecule has 0 aliphatic rings. The summed E-state index contributed by atoms with van der Waals surface area (Å²) < 4.78 is 0. The highest BCUT2D eigenvalue weighted by Gasteiger charge is 2.16. The first-order chi connectivity index (χ1) is 9.56. The molecule has 0 fully saturated rings. The minimum absolute atomic E-state index is 0.130. The van der Waals surface area contributed by atoms with Crippen LogP contribution >= 0.6 is 11.6 Å². The second-order valence-electron chi connectivity index (χ2n) is 4.15. The van der Waals surface area contributed by atoms with E-state index in [9.17, 15) is 4.79 Å². The topological polar surface area (TPSA) is 95.1 Å². The van der Waals surface area contributed by atoms with Crippen molar-refractivity contribution in [3.63, 3.8) is 0 Å². The van der Waals surface area contributed by atoms with Crippen LogP contribution in [0.15, 0.2) is 29.4 Å². The van der Waals surface area contributed by atoms with E-state index in [1.807, 2.05) is 0 Å². The van der Waals surface area contributed by atoms with E-state index in [1.54, 1.807) is 38.1 Å². The van der Waals surface area contributed by atoms with Gasteiger partial charge in [-0.15, -0.1) is 10.2 Å². The van der Waals surface area contributed by atoms with Gasteiger partial charge < -0.3 is 5.32 Å². The summed E-state index contributed by atoms with van der Waals surface area (Å²) in [5.41, 5.74) is 3.99. The van der Waals surface area contributed by atoms with Crippen LogP contribution in [-0.4, -0.2) is 27.0 Å². The molecule has 8 heteroatoms. The van der Waals surface area contributed by atoms with E-state index in [0.29, 0.717) is 10.8 Å². The number of H-pyrrole nitrogens is 1. The van der Waals surface area contributed by atoms with Gasteiger partial charge in [-0.2, -0.15) is 10.3 Å². The molecule has 2 aromatic rings. The summed E-state index contributed by atoms with van der Waals surface area (Å²) in [5, 5.41) is 17.5. The molecule has 104 valence electrons. The molecule has 2 rings (SSSR count). The third-order valence-corrected chi connectivity index (χ3v) is 2.50. The van der Waals surface area contributed by atoms with Crippen molar-refractivity contribution in [2.24, 2.45) is 5.10 Å². The van der Waals surface area contributed by atoms with Crippen molar-refractivity contribution in [3.8, 4) is 0 Å². The van der Waals surface area contributed by atoms with Gasteiger partial charge in [0.25, 0.3) is 5.91 Å². The van der Waals surface area contributed by atoms with Crippen LogP contribution in [0.2, 0.25) is 5.02 Å². The molecule has 1 aromatic carbocycles. The molecule has 20 heavy (non-hydrogen) atoms.